The van der Waals surface area contributed by atoms with E-state index in [1.807, 2.05) is 0 Å². The summed E-state index contributed by atoms with van der Waals surface area (Å²) in [6, 6.07) is 0. The fourth-order valence-corrected chi connectivity index (χ4v) is 5.29. The molecular formula is C32H74N6O18U2-12. The normalized spacial score (nSPS) is 8.69. The van der Waals surface area contributed by atoms with Crippen LogP contribution in [0.3, 0.4) is 0 Å². The maximum atomic E-state index is 8.25. The Morgan fingerprint density at radius 3 is 0.414 bits per heavy atom. The molecule has 0 unspecified atom stereocenters. The Labute approximate surface area is 393 Å². The van der Waals surface area contributed by atoms with Crippen molar-refractivity contribution in [3.05, 3.63) is 61.3 Å². The van der Waals surface area contributed by atoms with Gasteiger partial charge in [0.15, 0.2) is 0 Å². The van der Waals surface area contributed by atoms with Gasteiger partial charge in [0.2, 0.25) is 0 Å². The molecule has 0 bridgehead atoms. The predicted octanol–water partition coefficient (Wildman–Crippen LogP) is 8.22. The van der Waals surface area contributed by atoms with Crippen molar-refractivity contribution in [1.29, 1.82) is 0 Å². The summed E-state index contributed by atoms with van der Waals surface area (Å²) in [5.41, 5.74) is 0. The summed E-state index contributed by atoms with van der Waals surface area (Å²) in [7, 11) is 0. The SMILES string of the molecule is CCCC[N+](CCCC)(CCCC)CCCC.CCCC[N+](CCCC)(CCCC)CCCC.O=[N+]([O-])[O-].O=[N+]([O-])[O-].O=[N+]([O-])[O-].O=[N+]([O-])[O-].[O-2].[O-2].[O-2].[O-2].[OH-].[OH-].[U].[U]. The molecule has 0 radical (unpaired) electrons. The molecule has 0 heterocycles. The van der Waals surface area contributed by atoms with Crippen LogP contribution in [0, 0.1) is 124 Å². The summed E-state index contributed by atoms with van der Waals surface area (Å²) < 4.78 is 2.84. The van der Waals surface area contributed by atoms with Gasteiger partial charge in [0.05, 0.1) is 72.7 Å². The largest absolute Gasteiger partial charge is 2.00 e. The van der Waals surface area contributed by atoms with Crippen molar-refractivity contribution in [3.8, 4) is 0 Å². The Morgan fingerprint density at radius 1 is 0.293 bits per heavy atom. The summed E-state index contributed by atoms with van der Waals surface area (Å²) in [6.07, 6.45) is 22.1. The van der Waals surface area contributed by atoms with E-state index in [0.29, 0.717) is 0 Å². The van der Waals surface area contributed by atoms with E-state index in [1.165, 1.54) is 164 Å². The average Bonchev–Trinajstić information content (AvgIpc) is 3.02. The number of quaternary nitrogens is 2. The maximum absolute atomic E-state index is 8.25. The Morgan fingerprint density at radius 2 is 0.362 bits per heavy atom. The molecule has 0 saturated heterocycles. The minimum atomic E-state index is -1.75. The van der Waals surface area contributed by atoms with Gasteiger partial charge in [0.25, 0.3) is 0 Å². The molecule has 360 valence electrons. The average molecular weight is 1310 g/mol. The molecular weight excluding hydrogens is 1230 g/mol. The Kier molecular flexibility index (Phi) is 127. The second kappa shape index (κ2) is 76.3. The van der Waals surface area contributed by atoms with Gasteiger partial charge in [0.1, 0.15) is 0 Å². The van der Waals surface area contributed by atoms with Gasteiger partial charge in [-0.3, -0.25) is 0 Å². The molecule has 0 aliphatic heterocycles. The minimum Gasteiger partial charge on any atom is -2.00 e. The van der Waals surface area contributed by atoms with Crippen LogP contribution >= 0.6 is 0 Å². The van der Waals surface area contributed by atoms with E-state index in [-0.39, 0.29) is 95.1 Å². The van der Waals surface area contributed by atoms with E-state index in [2.05, 4.69) is 55.4 Å². The molecule has 58 heavy (non-hydrogen) atoms. The van der Waals surface area contributed by atoms with Crippen molar-refractivity contribution in [1.82, 2.24) is 0 Å². The molecule has 0 fully saturated rings. The van der Waals surface area contributed by atoms with Gasteiger partial charge in [0, 0.05) is 62.2 Å². The second-order valence-electron chi connectivity index (χ2n) is 12.2. The maximum Gasteiger partial charge on any atom is 0.0786 e. The predicted molar refractivity (Wildman–Crippen MR) is 207 cm³/mol. The molecule has 0 rings (SSSR count). The first-order valence-corrected chi connectivity index (χ1v) is 18.4. The van der Waals surface area contributed by atoms with Gasteiger partial charge >= 0.3 is 0 Å². The summed E-state index contributed by atoms with van der Waals surface area (Å²) in [6.45, 7) is 30.0. The Balaban J connectivity index is -0.0000000368. The molecule has 0 spiro atoms. The van der Waals surface area contributed by atoms with Crippen LogP contribution in [0.2, 0.25) is 0 Å². The van der Waals surface area contributed by atoms with Gasteiger partial charge < -0.3 is 103 Å². The quantitative estimate of drug-likeness (QED) is 0.0499. The Hall–Kier alpha value is -1.42. The third-order valence-corrected chi connectivity index (χ3v) is 7.89. The molecule has 0 aliphatic rings. The molecule has 0 aromatic heterocycles. The van der Waals surface area contributed by atoms with Crippen LogP contribution in [0.15, 0.2) is 0 Å². The molecule has 0 saturated carbocycles. The van der Waals surface area contributed by atoms with Crippen molar-refractivity contribution < 1.29 is 124 Å². The van der Waals surface area contributed by atoms with Crippen LogP contribution in [0.5, 0.6) is 0 Å². The minimum absolute atomic E-state index is 0. The zero-order valence-electron chi connectivity index (χ0n) is 36.1. The summed E-state index contributed by atoms with van der Waals surface area (Å²) in [4.78, 5) is 33.0. The van der Waals surface area contributed by atoms with E-state index in [1.54, 1.807) is 0 Å². The number of hydrogen-bond acceptors (Lipinski definition) is 14. The van der Waals surface area contributed by atoms with E-state index in [9.17, 15) is 0 Å². The first-order chi connectivity index (χ1) is 23.4. The van der Waals surface area contributed by atoms with Crippen molar-refractivity contribution in [3.63, 3.8) is 0 Å². The summed E-state index contributed by atoms with van der Waals surface area (Å²) in [5.74, 6) is 0. The van der Waals surface area contributed by atoms with Crippen LogP contribution in [0.1, 0.15) is 158 Å². The third kappa shape index (κ3) is 105. The van der Waals surface area contributed by atoms with Gasteiger partial charge in [-0.2, -0.15) is 0 Å². The van der Waals surface area contributed by atoms with Gasteiger partial charge in [-0.15, -0.1) is 0 Å². The van der Waals surface area contributed by atoms with E-state index >= 15 is 0 Å². The van der Waals surface area contributed by atoms with Crippen LogP contribution in [-0.2, 0) is 21.9 Å². The Bertz CT molecular complexity index is 601. The topological polar surface area (TPSA) is 439 Å². The van der Waals surface area contributed by atoms with Crippen molar-refractivity contribution in [2.45, 2.75) is 158 Å². The molecule has 0 aliphatic carbocycles. The molecule has 2 N–H and O–H groups in total. The molecule has 0 amide bonds. The number of rotatable bonds is 24. The fraction of sp³-hybridized carbons (Fsp3) is 1.00. The van der Waals surface area contributed by atoms with Crippen LogP contribution in [0.4, 0.5) is 0 Å². The van der Waals surface area contributed by atoms with Gasteiger partial charge in [-0.25, -0.2) is 0 Å². The number of hydrogen-bond donors (Lipinski definition) is 0. The molecule has 26 heteroatoms. The number of unbranched alkanes of at least 4 members (excludes halogenated alkanes) is 8. The van der Waals surface area contributed by atoms with E-state index in [0.717, 1.165) is 0 Å². The van der Waals surface area contributed by atoms with Crippen molar-refractivity contribution >= 4 is 0 Å². The smallest absolute Gasteiger partial charge is 0.0786 e. The van der Waals surface area contributed by atoms with Crippen LogP contribution in [-0.4, -0.2) is 92.6 Å². The second-order valence-corrected chi connectivity index (χ2v) is 12.2. The number of nitrogens with zero attached hydrogens (tertiary/aromatic N) is 6. The zero-order valence-corrected chi connectivity index (χ0v) is 44.4. The van der Waals surface area contributed by atoms with Crippen molar-refractivity contribution in [2.24, 2.45) is 0 Å². The van der Waals surface area contributed by atoms with Crippen LogP contribution in [0.25, 0.3) is 0 Å². The van der Waals surface area contributed by atoms with Crippen molar-refractivity contribution in [2.75, 3.05) is 52.4 Å². The summed E-state index contributed by atoms with van der Waals surface area (Å²) >= 11 is 0. The zero-order chi connectivity index (χ0) is 40.3. The van der Waals surface area contributed by atoms with Gasteiger partial charge in [-0.05, 0) is 51.4 Å². The fourth-order valence-electron chi connectivity index (χ4n) is 5.29. The molecule has 0 aromatic rings. The first-order valence-electron chi connectivity index (χ1n) is 18.4. The van der Waals surface area contributed by atoms with Crippen LogP contribution < -0.4 is 0 Å². The molecule has 0 atom stereocenters. The van der Waals surface area contributed by atoms with E-state index < -0.39 is 20.3 Å². The standard InChI is InChI=1S/2C16H36N.4NO3.2H2O.4O.2U/c2*1-5-9-13-17(14-10-6-2,15-11-7-3)16-12-8-4;4*2-1(3)4;;;;;;;;/h2*5-16H2,1-4H3;;;;;2*1H2;;;;;;/q2*+1;4*-1;;;4*-2;;/p-2. The molecule has 0 aromatic carbocycles. The first kappa shape index (κ1) is 96.4. The van der Waals surface area contributed by atoms with Gasteiger partial charge in [-0.1, -0.05) is 107 Å². The summed E-state index contributed by atoms with van der Waals surface area (Å²) in [5, 5.41) is 59.0. The van der Waals surface area contributed by atoms with E-state index in [4.69, 9.17) is 61.3 Å². The molecule has 24 nitrogen and oxygen atoms in total. The monoisotopic (exact) mass is 1310 g/mol. The third-order valence-electron chi connectivity index (χ3n) is 7.89.